The summed E-state index contributed by atoms with van der Waals surface area (Å²) in [7, 11) is 0. The first kappa shape index (κ1) is 22.0. The second-order valence-electron chi connectivity index (χ2n) is 8.02. The predicted octanol–water partition coefficient (Wildman–Crippen LogP) is 1.98. The number of hydrogen-bond acceptors (Lipinski definition) is 8. The van der Waals surface area contributed by atoms with Gasteiger partial charge in [-0.2, -0.15) is 10.2 Å². The minimum absolute atomic E-state index is 0.0199. The topological polar surface area (TPSA) is 111 Å². The molecule has 0 saturated carbocycles. The molecule has 1 unspecified atom stereocenters. The minimum atomic E-state index is -0.185. The zero-order chi connectivity index (χ0) is 23.3. The molecule has 174 valence electrons. The lowest BCUT2D eigenvalue weighted by atomic mass is 9.97. The molecule has 1 fully saturated rings. The van der Waals surface area contributed by atoms with E-state index >= 15 is 0 Å². The third kappa shape index (κ3) is 4.88. The van der Waals surface area contributed by atoms with Gasteiger partial charge in [0, 0.05) is 44.2 Å². The van der Waals surface area contributed by atoms with Crippen molar-refractivity contribution < 1.29 is 4.79 Å². The van der Waals surface area contributed by atoms with Crippen molar-refractivity contribution in [3.8, 4) is 16.4 Å². The number of nitrogens with one attached hydrogen (secondary N) is 1. The molecule has 0 aliphatic carbocycles. The van der Waals surface area contributed by atoms with Crippen LogP contribution in [-0.4, -0.2) is 55.1 Å². The summed E-state index contributed by atoms with van der Waals surface area (Å²) >= 11 is 1.57. The van der Waals surface area contributed by atoms with Crippen molar-refractivity contribution in [3.63, 3.8) is 0 Å². The molecule has 1 aliphatic heterocycles. The van der Waals surface area contributed by atoms with E-state index < -0.39 is 0 Å². The first-order valence-corrected chi connectivity index (χ1v) is 12.0. The van der Waals surface area contributed by atoms with Gasteiger partial charge in [0.25, 0.3) is 5.56 Å². The molecule has 4 aromatic heterocycles. The molecule has 0 aromatic carbocycles. The number of piperidine rings is 1. The van der Waals surface area contributed by atoms with Gasteiger partial charge in [-0.3, -0.25) is 9.59 Å². The van der Waals surface area contributed by atoms with Gasteiger partial charge in [-0.25, -0.2) is 19.3 Å². The van der Waals surface area contributed by atoms with E-state index in [4.69, 9.17) is 0 Å². The summed E-state index contributed by atoms with van der Waals surface area (Å²) in [5.74, 6) is 1.29. The van der Waals surface area contributed by atoms with Crippen LogP contribution in [0.4, 0.5) is 5.82 Å². The standard InChI is InChI=1S/C23H24N8O2S/c32-22-7-6-18(19-5-2-13-34-19)28-31(22)12-9-24-23(33)17-4-1-10-29(15-17)20-14-21(26-16-25-20)30-11-3-8-27-30/h2-3,5-8,11,13-14,16-17H,1,4,9-10,12,15H2,(H,24,33). The van der Waals surface area contributed by atoms with Gasteiger partial charge in [-0.15, -0.1) is 11.3 Å². The molecule has 1 saturated heterocycles. The average Bonchev–Trinajstić information content (AvgIpc) is 3.60. The number of hydrogen-bond donors (Lipinski definition) is 1. The molecule has 4 aromatic rings. The Morgan fingerprint density at radius 1 is 1.18 bits per heavy atom. The Balaban J connectivity index is 1.19. The summed E-state index contributed by atoms with van der Waals surface area (Å²) in [6.07, 6.45) is 6.75. The lowest BCUT2D eigenvalue weighted by Crippen LogP contribution is -2.44. The largest absolute Gasteiger partial charge is 0.356 e. The lowest BCUT2D eigenvalue weighted by molar-refractivity contribution is -0.125. The van der Waals surface area contributed by atoms with E-state index in [1.165, 1.54) is 17.1 Å². The van der Waals surface area contributed by atoms with Crippen LogP contribution in [0.2, 0.25) is 0 Å². The first-order valence-electron chi connectivity index (χ1n) is 11.1. The molecule has 5 heterocycles. The van der Waals surface area contributed by atoms with Gasteiger partial charge in [-0.05, 0) is 36.4 Å². The summed E-state index contributed by atoms with van der Waals surface area (Å²) in [5.41, 5.74) is 0.568. The van der Waals surface area contributed by atoms with Crippen LogP contribution >= 0.6 is 11.3 Å². The van der Waals surface area contributed by atoms with Crippen molar-refractivity contribution in [2.75, 3.05) is 24.5 Å². The maximum Gasteiger partial charge on any atom is 0.266 e. The van der Waals surface area contributed by atoms with Crippen molar-refractivity contribution in [1.82, 2.24) is 34.8 Å². The van der Waals surface area contributed by atoms with Crippen LogP contribution in [0.3, 0.4) is 0 Å². The molecule has 10 nitrogen and oxygen atoms in total. The molecule has 5 rings (SSSR count). The van der Waals surface area contributed by atoms with Crippen molar-refractivity contribution in [2.45, 2.75) is 19.4 Å². The first-order chi connectivity index (χ1) is 16.7. The summed E-state index contributed by atoms with van der Waals surface area (Å²) < 4.78 is 3.09. The molecule has 11 heteroatoms. The van der Waals surface area contributed by atoms with Crippen molar-refractivity contribution >= 4 is 23.1 Å². The number of carbonyl (C=O) groups excluding carboxylic acids is 1. The molecule has 0 radical (unpaired) electrons. The van der Waals surface area contributed by atoms with Crippen LogP contribution in [0, 0.1) is 5.92 Å². The second kappa shape index (κ2) is 9.96. The zero-order valence-corrected chi connectivity index (χ0v) is 19.3. The molecule has 1 atom stereocenters. The third-order valence-corrected chi connectivity index (χ3v) is 6.65. The van der Waals surface area contributed by atoms with Gasteiger partial charge >= 0.3 is 0 Å². The van der Waals surface area contributed by atoms with Crippen LogP contribution in [0.1, 0.15) is 12.8 Å². The minimum Gasteiger partial charge on any atom is -0.356 e. The molecular weight excluding hydrogens is 452 g/mol. The van der Waals surface area contributed by atoms with Gasteiger partial charge in [0.15, 0.2) is 5.82 Å². The maximum atomic E-state index is 12.9. The molecule has 0 spiro atoms. The Hall–Kier alpha value is -3.86. The number of carbonyl (C=O) groups is 1. The Bertz CT molecular complexity index is 1300. The van der Waals surface area contributed by atoms with E-state index in [1.807, 2.05) is 35.8 Å². The zero-order valence-electron chi connectivity index (χ0n) is 18.4. The van der Waals surface area contributed by atoms with Crippen molar-refractivity contribution in [1.29, 1.82) is 0 Å². The number of amides is 1. The van der Waals surface area contributed by atoms with Crippen molar-refractivity contribution in [3.05, 3.63) is 70.9 Å². The number of anilines is 1. The van der Waals surface area contributed by atoms with Crippen LogP contribution in [0.5, 0.6) is 0 Å². The fourth-order valence-corrected chi connectivity index (χ4v) is 4.72. The van der Waals surface area contributed by atoms with Gasteiger partial charge in [-0.1, -0.05) is 6.07 Å². The average molecular weight is 477 g/mol. The highest BCUT2D eigenvalue weighted by Crippen LogP contribution is 2.23. The van der Waals surface area contributed by atoms with E-state index in [2.05, 4.69) is 30.4 Å². The number of aromatic nitrogens is 6. The van der Waals surface area contributed by atoms with Crippen LogP contribution < -0.4 is 15.8 Å². The predicted molar refractivity (Wildman–Crippen MR) is 129 cm³/mol. The van der Waals surface area contributed by atoms with Gasteiger partial charge < -0.3 is 10.2 Å². The lowest BCUT2D eigenvalue weighted by Gasteiger charge is -2.32. The summed E-state index contributed by atoms with van der Waals surface area (Å²) in [6, 6.07) is 10.9. The molecule has 34 heavy (non-hydrogen) atoms. The highest BCUT2D eigenvalue weighted by Gasteiger charge is 2.26. The van der Waals surface area contributed by atoms with Crippen LogP contribution in [-0.2, 0) is 11.3 Å². The normalized spacial score (nSPS) is 15.9. The quantitative estimate of drug-likeness (QED) is 0.434. The van der Waals surface area contributed by atoms with E-state index in [9.17, 15) is 9.59 Å². The molecule has 1 N–H and O–H groups in total. The molecule has 1 amide bonds. The third-order valence-electron chi connectivity index (χ3n) is 5.76. The number of nitrogens with zero attached hydrogens (tertiary/aromatic N) is 7. The Morgan fingerprint density at radius 3 is 2.91 bits per heavy atom. The highest BCUT2D eigenvalue weighted by molar-refractivity contribution is 7.13. The second-order valence-corrected chi connectivity index (χ2v) is 8.97. The molecule has 0 bridgehead atoms. The van der Waals surface area contributed by atoms with Crippen LogP contribution in [0.25, 0.3) is 16.4 Å². The summed E-state index contributed by atoms with van der Waals surface area (Å²) in [5, 5.41) is 13.6. The molecule has 1 aliphatic rings. The van der Waals surface area contributed by atoms with E-state index in [-0.39, 0.29) is 17.4 Å². The fraction of sp³-hybridized carbons (Fsp3) is 0.304. The highest BCUT2D eigenvalue weighted by atomic mass is 32.1. The smallest absolute Gasteiger partial charge is 0.266 e. The SMILES string of the molecule is O=C(NCCn1nc(-c2cccs2)ccc1=O)C1CCCN(c2cc(-n3cccn3)ncn2)C1. The van der Waals surface area contributed by atoms with E-state index in [1.54, 1.807) is 28.3 Å². The number of rotatable bonds is 7. The Labute approximate surface area is 199 Å². The van der Waals surface area contributed by atoms with E-state index in [0.717, 1.165) is 35.8 Å². The monoisotopic (exact) mass is 476 g/mol. The van der Waals surface area contributed by atoms with Gasteiger partial charge in [0.1, 0.15) is 17.8 Å². The van der Waals surface area contributed by atoms with Crippen molar-refractivity contribution in [2.24, 2.45) is 5.92 Å². The van der Waals surface area contributed by atoms with Gasteiger partial charge in [0.05, 0.1) is 17.3 Å². The Morgan fingerprint density at radius 2 is 2.09 bits per heavy atom. The molecular formula is C23H24N8O2S. The van der Waals surface area contributed by atoms with Gasteiger partial charge in [0.2, 0.25) is 5.91 Å². The maximum absolute atomic E-state index is 12.9. The summed E-state index contributed by atoms with van der Waals surface area (Å²) in [6.45, 7) is 2.06. The van der Waals surface area contributed by atoms with E-state index in [0.29, 0.717) is 25.5 Å². The Kier molecular flexibility index (Phi) is 6.43. The number of thiophene rings is 1. The fourth-order valence-electron chi connectivity index (χ4n) is 4.03. The summed E-state index contributed by atoms with van der Waals surface area (Å²) in [4.78, 5) is 36.9. The van der Waals surface area contributed by atoms with Crippen LogP contribution in [0.15, 0.2) is 65.3 Å².